The van der Waals surface area contributed by atoms with Crippen LogP contribution in [0.3, 0.4) is 0 Å². The number of amides is 2. The second-order valence-corrected chi connectivity index (χ2v) is 8.53. The molecule has 0 saturated heterocycles. The fraction of sp³-hybridized carbons (Fsp3) is 0.778. The van der Waals surface area contributed by atoms with Crippen molar-refractivity contribution < 1.29 is 23.9 Å². The van der Waals surface area contributed by atoms with E-state index in [9.17, 15) is 9.59 Å². The number of rotatable bonds is 9. The molecule has 0 spiro atoms. The van der Waals surface area contributed by atoms with Crippen LogP contribution in [0.1, 0.15) is 60.3 Å². The number of carbonyl (C=O) groups excluding carboxylic acids is 2. The Balaban J connectivity index is 4.58. The lowest BCUT2D eigenvalue weighted by molar-refractivity contribution is 0.109. The molecule has 9 nitrogen and oxygen atoms in total. The van der Waals surface area contributed by atoms with Gasteiger partial charge >= 0.3 is 12.2 Å². The Morgan fingerprint density at radius 2 is 1.79 bits per heavy atom. The quantitative estimate of drug-likeness (QED) is 0.133. The van der Waals surface area contributed by atoms with Gasteiger partial charge < -0.3 is 9.47 Å². The zero-order chi connectivity index (χ0) is 21.7. The molecule has 0 radical (unpaired) electrons. The maximum atomic E-state index is 12.1. The van der Waals surface area contributed by atoms with E-state index in [-0.39, 0.29) is 5.90 Å². The van der Waals surface area contributed by atoms with Gasteiger partial charge in [-0.15, -0.1) is 5.26 Å². The largest absolute Gasteiger partial charge is 0.448 e. The Morgan fingerprint density at radius 3 is 2.29 bits per heavy atom. The SMILES string of the molecule is CCCCC(CC)COC(=O)N(C)SN(C)C(=O)ON=C(OC#N)C(C)(C)C. The second kappa shape index (κ2) is 13.1. The molecule has 160 valence electrons. The summed E-state index contributed by atoms with van der Waals surface area (Å²) in [6.07, 6.45) is 4.28. The van der Waals surface area contributed by atoms with E-state index in [1.165, 1.54) is 24.7 Å². The maximum Gasteiger partial charge on any atom is 0.447 e. The fourth-order valence-corrected chi connectivity index (χ4v) is 2.51. The molecule has 0 rings (SSSR count). The molecule has 0 bridgehead atoms. The zero-order valence-electron chi connectivity index (χ0n) is 17.9. The lowest BCUT2D eigenvalue weighted by Crippen LogP contribution is -2.30. The summed E-state index contributed by atoms with van der Waals surface area (Å²) in [6.45, 7) is 9.80. The molecule has 28 heavy (non-hydrogen) atoms. The predicted molar refractivity (Wildman–Crippen MR) is 108 cm³/mol. The van der Waals surface area contributed by atoms with Gasteiger partial charge in [-0.25, -0.2) is 18.2 Å². The first-order chi connectivity index (χ1) is 13.1. The molecule has 0 aromatic rings. The van der Waals surface area contributed by atoms with Gasteiger partial charge in [-0.2, -0.15) is 0 Å². The number of hydrogen-bond donors (Lipinski definition) is 0. The third kappa shape index (κ3) is 10.3. The molecule has 0 fully saturated rings. The minimum Gasteiger partial charge on any atom is -0.448 e. The molecular formula is C18H32N4O5S. The van der Waals surface area contributed by atoms with Gasteiger partial charge in [0, 0.05) is 19.5 Å². The van der Waals surface area contributed by atoms with Crippen LogP contribution >= 0.6 is 12.1 Å². The minimum absolute atomic E-state index is 0.0350. The second-order valence-electron chi connectivity index (χ2n) is 7.27. The standard InChI is InChI=1S/C18H32N4O5S/c1-8-10-11-14(9-2)12-25-16(23)21(6)28-22(7)17(24)27-20-15(26-13-19)18(3,4)5/h14H,8-12H2,1-7H3. The van der Waals surface area contributed by atoms with Gasteiger partial charge in [-0.1, -0.05) is 53.9 Å². The van der Waals surface area contributed by atoms with E-state index in [0.29, 0.717) is 12.5 Å². The summed E-state index contributed by atoms with van der Waals surface area (Å²) in [5.41, 5.74) is -0.615. The predicted octanol–water partition coefficient (Wildman–Crippen LogP) is 4.76. The summed E-state index contributed by atoms with van der Waals surface area (Å²) in [5, 5.41) is 12.2. The van der Waals surface area contributed by atoms with Crippen LogP contribution in [-0.2, 0) is 14.3 Å². The number of hydrogen-bond acceptors (Lipinski definition) is 8. The molecule has 0 aliphatic heterocycles. The van der Waals surface area contributed by atoms with Gasteiger partial charge in [0.05, 0.1) is 18.7 Å². The summed E-state index contributed by atoms with van der Waals surface area (Å²) in [5.74, 6) is 0.294. The number of unbranched alkanes of at least 4 members (excludes halogenated alkanes) is 1. The Hall–Kier alpha value is -2.15. The smallest absolute Gasteiger partial charge is 0.447 e. The first kappa shape index (κ1) is 25.9. The van der Waals surface area contributed by atoms with Crippen LogP contribution in [0.5, 0.6) is 0 Å². The van der Waals surface area contributed by atoms with Crippen molar-refractivity contribution in [3.05, 3.63) is 0 Å². The lowest BCUT2D eigenvalue weighted by atomic mass is 9.97. The van der Waals surface area contributed by atoms with Crippen LogP contribution in [0.25, 0.3) is 0 Å². The van der Waals surface area contributed by atoms with Crippen molar-refractivity contribution in [1.29, 1.82) is 5.26 Å². The topological polar surface area (TPSA) is 104 Å². The molecule has 0 aromatic carbocycles. The zero-order valence-corrected chi connectivity index (χ0v) is 18.7. The van der Waals surface area contributed by atoms with Crippen LogP contribution in [0.4, 0.5) is 9.59 Å². The van der Waals surface area contributed by atoms with Crippen LogP contribution < -0.4 is 0 Å². The monoisotopic (exact) mass is 416 g/mol. The molecule has 0 aliphatic carbocycles. The van der Waals surface area contributed by atoms with Crippen molar-refractivity contribution in [2.24, 2.45) is 16.5 Å². The van der Waals surface area contributed by atoms with Crippen LogP contribution in [0, 0.1) is 22.9 Å². The maximum absolute atomic E-state index is 12.1. The lowest BCUT2D eigenvalue weighted by Gasteiger charge is -2.22. The minimum atomic E-state index is -0.831. The summed E-state index contributed by atoms with van der Waals surface area (Å²) < 4.78 is 12.3. The van der Waals surface area contributed by atoms with Crippen molar-refractivity contribution in [2.45, 2.75) is 60.3 Å². The number of ether oxygens (including phenoxy) is 2. The van der Waals surface area contributed by atoms with Gasteiger partial charge in [0.2, 0.25) is 0 Å². The van der Waals surface area contributed by atoms with E-state index in [1.807, 2.05) is 0 Å². The van der Waals surface area contributed by atoms with Gasteiger partial charge in [-0.3, -0.25) is 4.84 Å². The molecule has 1 atom stereocenters. The molecule has 10 heteroatoms. The first-order valence-corrected chi connectivity index (χ1v) is 9.97. The van der Waals surface area contributed by atoms with Crippen molar-refractivity contribution >= 4 is 30.2 Å². The first-order valence-electron chi connectivity index (χ1n) is 9.24. The molecule has 0 heterocycles. The highest BCUT2D eigenvalue weighted by molar-refractivity contribution is 7.95. The van der Waals surface area contributed by atoms with E-state index in [2.05, 4.69) is 19.0 Å². The number of nitriles is 1. The number of nitrogens with zero attached hydrogens (tertiary/aromatic N) is 4. The molecule has 0 aliphatic rings. The van der Waals surface area contributed by atoms with Gasteiger partial charge in [0.1, 0.15) is 0 Å². The van der Waals surface area contributed by atoms with Crippen molar-refractivity contribution in [3.8, 4) is 6.26 Å². The molecular weight excluding hydrogens is 384 g/mol. The summed E-state index contributed by atoms with van der Waals surface area (Å²) in [6, 6.07) is 0. The number of oxime groups is 1. The van der Waals surface area contributed by atoms with Crippen molar-refractivity contribution in [3.63, 3.8) is 0 Å². The summed E-state index contributed by atoms with van der Waals surface area (Å²) in [7, 11) is 2.91. The van der Waals surface area contributed by atoms with Gasteiger partial charge in [-0.05, 0) is 17.5 Å². The fourth-order valence-electron chi connectivity index (χ4n) is 1.92. The van der Waals surface area contributed by atoms with Crippen LogP contribution in [0.15, 0.2) is 5.16 Å². The summed E-state index contributed by atoms with van der Waals surface area (Å²) >= 11 is 0.808. The Labute approximate surface area is 172 Å². The Kier molecular flexibility index (Phi) is 12.1. The molecule has 0 aromatic heterocycles. The van der Waals surface area contributed by atoms with E-state index in [4.69, 9.17) is 19.6 Å². The molecule has 0 N–H and O–H groups in total. The third-order valence-electron chi connectivity index (χ3n) is 3.74. The van der Waals surface area contributed by atoms with E-state index in [1.54, 1.807) is 20.8 Å². The van der Waals surface area contributed by atoms with E-state index >= 15 is 0 Å². The Bertz CT molecular complexity index is 571. The molecule has 0 saturated carbocycles. The van der Waals surface area contributed by atoms with Crippen LogP contribution in [0.2, 0.25) is 0 Å². The highest BCUT2D eigenvalue weighted by Gasteiger charge is 2.25. The molecule has 1 unspecified atom stereocenters. The average Bonchev–Trinajstić information content (AvgIpc) is 2.63. The van der Waals surface area contributed by atoms with Crippen LogP contribution in [-0.4, -0.2) is 47.4 Å². The third-order valence-corrected chi connectivity index (χ3v) is 4.52. The van der Waals surface area contributed by atoms with Gasteiger partial charge in [0.25, 0.3) is 12.2 Å². The average molecular weight is 417 g/mol. The highest BCUT2D eigenvalue weighted by atomic mass is 32.2. The normalized spacial score (nSPS) is 12.6. The van der Waals surface area contributed by atoms with Gasteiger partial charge in [0.15, 0.2) is 0 Å². The number of carbonyl (C=O) groups is 2. The Morgan fingerprint density at radius 1 is 1.18 bits per heavy atom. The van der Waals surface area contributed by atoms with E-state index in [0.717, 1.165) is 42.1 Å². The summed E-state index contributed by atoms with van der Waals surface area (Å²) in [4.78, 5) is 28.9. The molecule has 2 amide bonds. The highest BCUT2D eigenvalue weighted by Crippen LogP contribution is 2.19. The van der Waals surface area contributed by atoms with E-state index < -0.39 is 17.6 Å². The van der Waals surface area contributed by atoms with Crippen molar-refractivity contribution in [1.82, 2.24) is 8.61 Å². The van der Waals surface area contributed by atoms with Crippen molar-refractivity contribution in [2.75, 3.05) is 20.7 Å².